The first-order chi connectivity index (χ1) is 30.5. The van der Waals surface area contributed by atoms with Crippen LogP contribution >= 0.6 is 0 Å². The summed E-state index contributed by atoms with van der Waals surface area (Å²) in [6.45, 7) is 8.13. The maximum atomic E-state index is 15.5. The second kappa shape index (κ2) is 18.1. The van der Waals surface area contributed by atoms with Gasteiger partial charge in [-0.25, -0.2) is 18.3 Å². The minimum absolute atomic E-state index is 0.00640. The molecular formula is C49H52F3N7O4. The molecule has 5 heterocycles. The Morgan fingerprint density at radius 3 is 2.14 bits per heavy atom. The van der Waals surface area contributed by atoms with Crippen LogP contribution in [-0.2, 0) is 17.6 Å². The van der Waals surface area contributed by atoms with E-state index >= 15 is 13.2 Å². The Labute approximate surface area is 364 Å². The lowest BCUT2D eigenvalue weighted by Gasteiger charge is -2.51. The fourth-order valence-electron chi connectivity index (χ4n) is 10.2. The number of benzene rings is 4. The third-order valence-electron chi connectivity index (χ3n) is 13.8. The highest BCUT2D eigenvalue weighted by Crippen LogP contribution is 2.41. The van der Waals surface area contributed by atoms with Crippen molar-refractivity contribution in [3.8, 4) is 11.1 Å². The molecule has 328 valence electrons. The van der Waals surface area contributed by atoms with Gasteiger partial charge in [0.05, 0.1) is 23.2 Å². The van der Waals surface area contributed by atoms with E-state index in [9.17, 15) is 19.2 Å². The van der Waals surface area contributed by atoms with Gasteiger partial charge in [-0.2, -0.15) is 5.10 Å². The van der Waals surface area contributed by atoms with Crippen molar-refractivity contribution in [2.75, 3.05) is 72.0 Å². The van der Waals surface area contributed by atoms with E-state index in [-0.39, 0.29) is 35.5 Å². The number of rotatable bonds is 10. The molecule has 3 atom stereocenters. The summed E-state index contributed by atoms with van der Waals surface area (Å²) in [6, 6.07) is 21.7. The quantitative estimate of drug-likeness (QED) is 0.183. The van der Waals surface area contributed by atoms with E-state index in [1.165, 1.54) is 18.2 Å². The molecule has 0 radical (unpaired) electrons. The lowest BCUT2D eigenvalue weighted by atomic mass is 9.71. The van der Waals surface area contributed by atoms with Crippen LogP contribution in [0.4, 0.5) is 13.2 Å². The Morgan fingerprint density at radius 2 is 1.43 bits per heavy atom. The number of fused-ring (bicyclic) bond motifs is 4. The molecule has 10 rings (SSSR count). The molecule has 5 fully saturated rings. The van der Waals surface area contributed by atoms with Crippen LogP contribution in [0.3, 0.4) is 0 Å². The number of aromatic nitrogens is 2. The summed E-state index contributed by atoms with van der Waals surface area (Å²) >= 11 is 0. The highest BCUT2D eigenvalue weighted by atomic mass is 19.1. The van der Waals surface area contributed by atoms with Gasteiger partial charge in [-0.15, -0.1) is 0 Å². The number of hydrogen-bond acceptors (Lipinski definition) is 7. The SMILES string of the molecule is CCc1cccc(-c2cc(F)c(C(=O)N3CC4CCC3CC4CN3CCN(CC(=O)N4CCN(C(=O)c5cc(Cc6n[nH]c(=O)c7ccccc67)ccc5F)CC4)CC3)c(F)c2)c1. The summed E-state index contributed by atoms with van der Waals surface area (Å²) < 4.78 is 46.0. The van der Waals surface area contributed by atoms with Crippen molar-refractivity contribution in [1.82, 2.24) is 34.7 Å². The normalized spacial score (nSPS) is 20.7. The fourth-order valence-corrected chi connectivity index (χ4v) is 10.2. The lowest BCUT2D eigenvalue weighted by Crippen LogP contribution is -2.58. The third-order valence-corrected chi connectivity index (χ3v) is 13.8. The van der Waals surface area contributed by atoms with Gasteiger partial charge in [0.25, 0.3) is 17.4 Å². The molecule has 5 aliphatic rings. The molecule has 1 saturated carbocycles. The number of hydrogen-bond donors (Lipinski definition) is 1. The largest absolute Gasteiger partial charge is 0.338 e. The van der Waals surface area contributed by atoms with Crippen molar-refractivity contribution in [1.29, 1.82) is 0 Å². The molecular weight excluding hydrogens is 808 g/mol. The lowest BCUT2D eigenvalue weighted by molar-refractivity contribution is -0.134. The van der Waals surface area contributed by atoms with Crippen molar-refractivity contribution in [3.63, 3.8) is 0 Å². The van der Waals surface area contributed by atoms with Crippen LogP contribution in [0.1, 0.15) is 63.7 Å². The molecule has 0 spiro atoms. The van der Waals surface area contributed by atoms with Gasteiger partial charge < -0.3 is 19.6 Å². The first-order valence-corrected chi connectivity index (χ1v) is 22.2. The van der Waals surface area contributed by atoms with Crippen LogP contribution in [0.25, 0.3) is 21.9 Å². The average Bonchev–Trinajstić information content (AvgIpc) is 3.31. The number of aryl methyl sites for hydroxylation is 1. The molecule has 11 nitrogen and oxygen atoms in total. The number of halogens is 3. The Balaban J connectivity index is 0.730. The molecule has 4 aromatic carbocycles. The average molecular weight is 860 g/mol. The minimum Gasteiger partial charge on any atom is -0.338 e. The van der Waals surface area contributed by atoms with Gasteiger partial charge in [0.2, 0.25) is 5.91 Å². The van der Waals surface area contributed by atoms with E-state index in [1.54, 1.807) is 39.0 Å². The van der Waals surface area contributed by atoms with Crippen molar-refractivity contribution in [3.05, 3.63) is 135 Å². The van der Waals surface area contributed by atoms with Crippen molar-refractivity contribution < 1.29 is 27.6 Å². The Hall–Kier alpha value is -5.86. The maximum absolute atomic E-state index is 15.5. The molecule has 1 N–H and O–H groups in total. The van der Waals surface area contributed by atoms with Gasteiger partial charge in [0, 0.05) is 83.3 Å². The Morgan fingerprint density at radius 1 is 0.714 bits per heavy atom. The van der Waals surface area contributed by atoms with Gasteiger partial charge >= 0.3 is 0 Å². The fraction of sp³-hybridized carbons (Fsp3) is 0.408. The third kappa shape index (κ3) is 8.88. The predicted molar refractivity (Wildman–Crippen MR) is 234 cm³/mol. The second-order valence-corrected chi connectivity index (χ2v) is 17.6. The summed E-state index contributed by atoms with van der Waals surface area (Å²) in [5.74, 6) is -2.62. The number of piperidine rings is 2. The molecule has 1 aliphatic carbocycles. The number of amides is 3. The van der Waals surface area contributed by atoms with Crippen molar-refractivity contribution >= 4 is 28.5 Å². The summed E-state index contributed by atoms with van der Waals surface area (Å²) in [5, 5.41) is 7.95. The van der Waals surface area contributed by atoms with E-state index in [0.29, 0.717) is 72.7 Å². The zero-order valence-electron chi connectivity index (χ0n) is 35.5. The summed E-state index contributed by atoms with van der Waals surface area (Å²) in [7, 11) is 0. The summed E-state index contributed by atoms with van der Waals surface area (Å²) in [5.41, 5.74) is 2.71. The van der Waals surface area contributed by atoms with E-state index in [2.05, 4.69) is 20.0 Å². The number of nitrogens with zero attached hydrogens (tertiary/aromatic N) is 6. The standard InChI is InChI=1S/C49H52F3N7O4/c1-2-31-6-5-7-33(22-31)35-26-42(51)46(43(52)27-35)49(63)59-29-34-11-12-37(59)25-36(34)28-55-14-16-56(17-15-55)30-45(60)57-18-20-58(21-19-57)48(62)40-23-32(10-13-41(40)50)24-44-38-8-3-4-9-39(38)47(61)54-53-44/h3-10,13,22-23,26-27,34,36-37H,2,11-12,14-21,24-25,28-30H2,1H3,(H,54,61). The molecule has 3 amide bonds. The van der Waals surface area contributed by atoms with Crippen LogP contribution < -0.4 is 5.56 Å². The number of piperazine rings is 2. The number of H-pyrrole nitrogens is 1. The number of carbonyl (C=O) groups is 3. The van der Waals surface area contributed by atoms with E-state index in [1.807, 2.05) is 43.3 Å². The second-order valence-electron chi connectivity index (χ2n) is 17.6. The Bertz CT molecular complexity index is 2580. The molecule has 63 heavy (non-hydrogen) atoms. The molecule has 4 aliphatic heterocycles. The first kappa shape index (κ1) is 42.4. The van der Waals surface area contributed by atoms with Crippen LogP contribution in [0, 0.1) is 29.3 Å². The zero-order chi connectivity index (χ0) is 43.8. The van der Waals surface area contributed by atoms with Crippen LogP contribution in [0.15, 0.2) is 83.7 Å². The van der Waals surface area contributed by atoms with E-state index in [0.717, 1.165) is 69.5 Å². The smallest absolute Gasteiger partial charge is 0.272 e. The number of nitrogens with one attached hydrogen (secondary N) is 1. The first-order valence-electron chi connectivity index (χ1n) is 22.2. The van der Waals surface area contributed by atoms with Gasteiger partial charge in [-0.1, -0.05) is 55.5 Å². The van der Waals surface area contributed by atoms with Gasteiger partial charge in [-0.3, -0.25) is 24.1 Å². The van der Waals surface area contributed by atoms with E-state index < -0.39 is 34.8 Å². The maximum Gasteiger partial charge on any atom is 0.272 e. The predicted octanol–water partition coefficient (Wildman–Crippen LogP) is 6.00. The van der Waals surface area contributed by atoms with Crippen LogP contribution in [0.5, 0.6) is 0 Å². The van der Waals surface area contributed by atoms with Crippen LogP contribution in [-0.4, -0.2) is 130 Å². The van der Waals surface area contributed by atoms with Gasteiger partial charge in [0.1, 0.15) is 23.0 Å². The molecule has 2 bridgehead atoms. The minimum atomic E-state index is -0.827. The highest BCUT2D eigenvalue weighted by molar-refractivity contribution is 5.96. The summed E-state index contributed by atoms with van der Waals surface area (Å²) in [4.78, 5) is 62.6. The molecule has 4 saturated heterocycles. The Kier molecular flexibility index (Phi) is 12.2. The molecule has 1 aromatic heterocycles. The van der Waals surface area contributed by atoms with Gasteiger partial charge in [0.15, 0.2) is 0 Å². The highest BCUT2D eigenvalue weighted by Gasteiger charge is 2.44. The van der Waals surface area contributed by atoms with Crippen molar-refractivity contribution in [2.45, 2.75) is 45.1 Å². The monoisotopic (exact) mass is 859 g/mol. The number of aromatic amines is 1. The number of carbonyl (C=O) groups excluding carboxylic acids is 3. The topological polar surface area (TPSA) is 113 Å². The van der Waals surface area contributed by atoms with Crippen molar-refractivity contribution in [2.24, 2.45) is 11.8 Å². The zero-order valence-corrected chi connectivity index (χ0v) is 35.5. The van der Waals surface area contributed by atoms with E-state index in [4.69, 9.17) is 0 Å². The summed E-state index contributed by atoms with van der Waals surface area (Å²) in [6.07, 6.45) is 3.73. The molecule has 3 unspecified atom stereocenters. The molecule has 5 aromatic rings. The van der Waals surface area contributed by atoms with Crippen LogP contribution in [0.2, 0.25) is 0 Å². The van der Waals surface area contributed by atoms with Gasteiger partial charge in [-0.05, 0) is 90.1 Å². The molecule has 14 heteroatoms.